The average molecular weight is 438 g/mol. The highest BCUT2D eigenvalue weighted by molar-refractivity contribution is 8.01. The number of thiophene rings is 1. The largest absolute Gasteiger partial charge is 0.347 e. The van der Waals surface area contributed by atoms with Crippen LogP contribution in [0.3, 0.4) is 0 Å². The number of hydrogen-bond acceptors (Lipinski definition) is 6. The van der Waals surface area contributed by atoms with E-state index >= 15 is 0 Å². The Bertz CT molecular complexity index is 962. The fraction of sp³-hybridized carbons (Fsp3) is 0.421. The van der Waals surface area contributed by atoms with E-state index in [1.165, 1.54) is 35.2 Å². The lowest BCUT2D eigenvalue weighted by Crippen LogP contribution is -2.62. The van der Waals surface area contributed by atoms with Gasteiger partial charge in [-0.2, -0.15) is 0 Å². The van der Waals surface area contributed by atoms with Crippen LogP contribution in [0.2, 0.25) is 0 Å². The monoisotopic (exact) mass is 437 g/mol. The van der Waals surface area contributed by atoms with Gasteiger partial charge in [0.05, 0.1) is 14.0 Å². The zero-order valence-electron chi connectivity index (χ0n) is 15.5. The van der Waals surface area contributed by atoms with Crippen LogP contribution in [0.15, 0.2) is 50.4 Å². The van der Waals surface area contributed by atoms with Crippen molar-refractivity contribution >= 4 is 39.0 Å². The molecule has 28 heavy (non-hydrogen) atoms. The van der Waals surface area contributed by atoms with E-state index in [4.69, 9.17) is 5.14 Å². The van der Waals surface area contributed by atoms with E-state index in [0.29, 0.717) is 16.8 Å². The number of benzene rings is 1. The lowest BCUT2D eigenvalue weighted by Gasteiger charge is -2.49. The summed E-state index contributed by atoms with van der Waals surface area (Å²) in [6.45, 7) is 4.49. The van der Waals surface area contributed by atoms with Gasteiger partial charge < -0.3 is 5.32 Å². The van der Waals surface area contributed by atoms with Crippen LogP contribution >= 0.6 is 23.1 Å². The van der Waals surface area contributed by atoms with Crippen molar-refractivity contribution in [2.45, 2.75) is 45.8 Å². The fourth-order valence-electron chi connectivity index (χ4n) is 4.08. The predicted octanol–water partition coefficient (Wildman–Crippen LogP) is 2.76. The van der Waals surface area contributed by atoms with Crippen molar-refractivity contribution in [3.8, 4) is 0 Å². The molecule has 0 saturated carbocycles. The molecule has 5 rings (SSSR count). The van der Waals surface area contributed by atoms with Gasteiger partial charge in [0.2, 0.25) is 10.0 Å². The first-order valence-corrected chi connectivity index (χ1v) is 12.4. The van der Waals surface area contributed by atoms with Gasteiger partial charge in [0.25, 0.3) is 5.91 Å². The molecule has 2 atom stereocenters. The van der Waals surface area contributed by atoms with Gasteiger partial charge in [0.1, 0.15) is 0 Å². The molecular weight excluding hydrogens is 414 g/mol. The number of nitrogens with two attached hydrogens (primary N) is 1. The Labute approximate surface area is 173 Å². The number of nitrogens with zero attached hydrogens (tertiary/aromatic N) is 1. The van der Waals surface area contributed by atoms with E-state index in [1.54, 1.807) is 12.1 Å². The molecule has 1 aromatic heterocycles. The zero-order chi connectivity index (χ0) is 19.9. The third-order valence-corrected chi connectivity index (χ3v) is 8.80. The molecule has 3 saturated heterocycles. The molecule has 0 aliphatic carbocycles. The molecule has 9 heteroatoms. The van der Waals surface area contributed by atoms with Crippen molar-refractivity contribution < 1.29 is 13.2 Å². The van der Waals surface area contributed by atoms with Gasteiger partial charge in [-0.3, -0.25) is 9.69 Å². The van der Waals surface area contributed by atoms with Crippen molar-refractivity contribution in [1.29, 1.82) is 0 Å². The quantitative estimate of drug-likeness (QED) is 0.750. The van der Waals surface area contributed by atoms with E-state index in [-0.39, 0.29) is 16.8 Å². The Morgan fingerprint density at radius 1 is 1.18 bits per heavy atom. The molecule has 2 aromatic rings. The number of nitrogens with one attached hydrogen (secondary N) is 1. The zero-order valence-corrected chi connectivity index (χ0v) is 17.9. The molecular formula is C19H23N3O3S3. The van der Waals surface area contributed by atoms with Crippen molar-refractivity contribution in [2.75, 3.05) is 13.1 Å². The summed E-state index contributed by atoms with van der Waals surface area (Å²) in [6, 6.07) is 10.8. The highest BCUT2D eigenvalue weighted by Crippen LogP contribution is 2.35. The number of rotatable bonds is 5. The van der Waals surface area contributed by atoms with Crippen molar-refractivity contribution in [1.82, 2.24) is 10.2 Å². The van der Waals surface area contributed by atoms with E-state index in [0.717, 1.165) is 35.0 Å². The van der Waals surface area contributed by atoms with E-state index in [2.05, 4.69) is 17.1 Å². The van der Waals surface area contributed by atoms with Crippen molar-refractivity contribution in [2.24, 2.45) is 11.1 Å². The Hall–Kier alpha value is -1.39. The minimum absolute atomic E-state index is 0.00739. The number of hydrogen-bond donors (Lipinski definition) is 2. The lowest BCUT2D eigenvalue weighted by molar-refractivity contribution is 0.0218. The maximum atomic E-state index is 12.7. The van der Waals surface area contributed by atoms with Crippen LogP contribution < -0.4 is 10.5 Å². The summed E-state index contributed by atoms with van der Waals surface area (Å²) in [6.07, 6.45) is 2.32. The van der Waals surface area contributed by atoms with Crippen molar-refractivity contribution in [3.63, 3.8) is 0 Å². The van der Waals surface area contributed by atoms with Gasteiger partial charge in [0, 0.05) is 17.0 Å². The highest BCUT2D eigenvalue weighted by Gasteiger charge is 2.40. The standard InChI is InChI=1S/C19H23N3O3S3/c1-12-18(13-8-10-22(12)11-9-13)21-19(23)16-6-7-17(27-16)26-14-2-4-15(5-3-14)28(20,24)25/h2-7,12-13,18H,8-11H2,1H3,(H,21,23)(H2,20,24,25). The highest BCUT2D eigenvalue weighted by atomic mass is 32.2. The Morgan fingerprint density at radius 3 is 2.46 bits per heavy atom. The first-order valence-electron chi connectivity index (χ1n) is 9.27. The molecule has 0 radical (unpaired) electrons. The Morgan fingerprint density at radius 2 is 1.86 bits per heavy atom. The number of piperidine rings is 3. The van der Waals surface area contributed by atoms with Crippen LogP contribution in [0.25, 0.3) is 0 Å². The number of sulfonamides is 1. The molecule has 2 bridgehead atoms. The number of primary sulfonamides is 1. The molecule has 3 fully saturated rings. The Kier molecular flexibility index (Phi) is 5.54. The van der Waals surface area contributed by atoms with Gasteiger partial charge in [0.15, 0.2) is 0 Å². The second kappa shape index (κ2) is 7.79. The molecule has 1 amide bonds. The van der Waals surface area contributed by atoms with Gasteiger partial charge in [-0.05, 0) is 75.2 Å². The number of fused-ring (bicyclic) bond motifs is 3. The molecule has 3 aliphatic heterocycles. The number of carbonyl (C=O) groups is 1. The third-order valence-electron chi connectivity index (χ3n) is 5.65. The summed E-state index contributed by atoms with van der Waals surface area (Å²) in [5, 5.41) is 8.38. The minimum Gasteiger partial charge on any atom is -0.347 e. The molecule has 3 N–H and O–H groups in total. The lowest BCUT2D eigenvalue weighted by atomic mass is 9.79. The Balaban J connectivity index is 1.40. The first kappa shape index (κ1) is 19.9. The van der Waals surface area contributed by atoms with Crippen molar-refractivity contribution in [3.05, 3.63) is 41.3 Å². The second-order valence-electron chi connectivity index (χ2n) is 7.35. The van der Waals surface area contributed by atoms with Crippen LogP contribution in [0.5, 0.6) is 0 Å². The maximum Gasteiger partial charge on any atom is 0.261 e. The summed E-state index contributed by atoms with van der Waals surface area (Å²) in [7, 11) is -3.69. The van der Waals surface area contributed by atoms with Crippen LogP contribution in [0.4, 0.5) is 0 Å². The fourth-order valence-corrected chi connectivity index (χ4v) is 6.60. The van der Waals surface area contributed by atoms with Crippen LogP contribution in [-0.4, -0.2) is 44.4 Å². The summed E-state index contributed by atoms with van der Waals surface area (Å²) >= 11 is 2.95. The summed E-state index contributed by atoms with van der Waals surface area (Å²) in [4.78, 5) is 16.9. The molecule has 1 aromatic carbocycles. The molecule has 150 valence electrons. The topological polar surface area (TPSA) is 92.5 Å². The van der Waals surface area contributed by atoms with Crippen LogP contribution in [0.1, 0.15) is 29.4 Å². The van der Waals surface area contributed by atoms with Gasteiger partial charge in [-0.15, -0.1) is 11.3 Å². The molecule has 3 aliphatic rings. The maximum absolute atomic E-state index is 12.7. The first-order chi connectivity index (χ1) is 13.3. The average Bonchev–Trinajstić information content (AvgIpc) is 3.13. The van der Waals surface area contributed by atoms with E-state index < -0.39 is 10.0 Å². The smallest absolute Gasteiger partial charge is 0.261 e. The molecule has 4 heterocycles. The van der Waals surface area contributed by atoms with Gasteiger partial charge in [-0.1, -0.05) is 11.8 Å². The third kappa shape index (κ3) is 4.13. The minimum atomic E-state index is -3.69. The van der Waals surface area contributed by atoms with Gasteiger partial charge >= 0.3 is 0 Å². The molecule has 2 unspecified atom stereocenters. The van der Waals surface area contributed by atoms with E-state index in [9.17, 15) is 13.2 Å². The number of amides is 1. The number of carbonyl (C=O) groups excluding carboxylic acids is 1. The SMILES string of the molecule is CC1C(NC(=O)c2ccc(Sc3ccc(S(N)(=O)=O)cc3)s2)C2CCN1CC2. The van der Waals surface area contributed by atoms with Gasteiger partial charge in [-0.25, -0.2) is 13.6 Å². The molecule has 6 nitrogen and oxygen atoms in total. The molecule has 0 spiro atoms. The van der Waals surface area contributed by atoms with Crippen LogP contribution in [0, 0.1) is 5.92 Å². The summed E-state index contributed by atoms with van der Waals surface area (Å²) in [5.74, 6) is 0.571. The summed E-state index contributed by atoms with van der Waals surface area (Å²) < 4.78 is 23.7. The van der Waals surface area contributed by atoms with E-state index in [1.807, 2.05) is 12.1 Å². The normalized spacial score (nSPS) is 26.9. The summed E-state index contributed by atoms with van der Waals surface area (Å²) in [5.41, 5.74) is 0. The predicted molar refractivity (Wildman–Crippen MR) is 111 cm³/mol. The van der Waals surface area contributed by atoms with Crippen LogP contribution in [-0.2, 0) is 10.0 Å². The second-order valence-corrected chi connectivity index (χ2v) is 11.4.